The van der Waals surface area contributed by atoms with E-state index in [9.17, 15) is 9.90 Å². The van der Waals surface area contributed by atoms with E-state index < -0.39 is 5.60 Å². The molecule has 1 amide bonds. The zero-order valence-corrected chi connectivity index (χ0v) is 12.8. The van der Waals surface area contributed by atoms with Gasteiger partial charge in [0.15, 0.2) is 0 Å². The molecule has 20 heavy (non-hydrogen) atoms. The van der Waals surface area contributed by atoms with Gasteiger partial charge in [-0.2, -0.15) is 0 Å². The Morgan fingerprint density at radius 2 is 2.10 bits per heavy atom. The molecule has 0 aromatic carbocycles. The molecular weight excluding hydrogens is 256 g/mol. The molecule has 0 aromatic rings. The number of aliphatic hydroxyl groups is 1. The zero-order valence-electron chi connectivity index (χ0n) is 12.8. The fraction of sp³-hybridized carbons (Fsp3) is 0.933. The van der Waals surface area contributed by atoms with Gasteiger partial charge in [0.2, 0.25) is 0 Å². The highest BCUT2D eigenvalue weighted by Crippen LogP contribution is 2.24. The van der Waals surface area contributed by atoms with Crippen molar-refractivity contribution in [1.29, 1.82) is 0 Å². The van der Waals surface area contributed by atoms with Gasteiger partial charge in [0.05, 0.1) is 6.10 Å². The number of carbonyl (C=O) groups is 1. The van der Waals surface area contributed by atoms with Crippen molar-refractivity contribution in [2.24, 2.45) is 0 Å². The third kappa shape index (κ3) is 3.93. The summed E-state index contributed by atoms with van der Waals surface area (Å²) in [5.41, 5.74) is -1.16. The summed E-state index contributed by atoms with van der Waals surface area (Å²) < 4.78 is 5.69. The fourth-order valence-corrected chi connectivity index (χ4v) is 3.03. The number of ether oxygens (including phenoxy) is 1. The average Bonchev–Trinajstić information content (AvgIpc) is 2.48. The highest BCUT2D eigenvalue weighted by Gasteiger charge is 2.40. The monoisotopic (exact) mass is 284 g/mol. The Labute approximate surface area is 121 Å². The van der Waals surface area contributed by atoms with Crippen molar-refractivity contribution in [3.05, 3.63) is 0 Å². The second-order valence-corrected chi connectivity index (χ2v) is 6.34. The van der Waals surface area contributed by atoms with Crippen LogP contribution in [0.3, 0.4) is 0 Å². The molecule has 1 atom stereocenters. The summed E-state index contributed by atoms with van der Waals surface area (Å²) in [6.07, 6.45) is 5.69. The lowest BCUT2D eigenvalue weighted by Gasteiger charge is -2.38. The van der Waals surface area contributed by atoms with Gasteiger partial charge >= 0.3 is 0 Å². The van der Waals surface area contributed by atoms with Crippen LogP contribution < -0.4 is 0 Å². The van der Waals surface area contributed by atoms with Crippen LogP contribution in [0.1, 0.15) is 38.5 Å². The third-order valence-electron chi connectivity index (χ3n) is 4.62. The summed E-state index contributed by atoms with van der Waals surface area (Å²) in [6.45, 7) is 3.07. The molecule has 0 aromatic heterocycles. The maximum atomic E-state index is 12.4. The van der Waals surface area contributed by atoms with Crippen molar-refractivity contribution in [3.63, 3.8) is 0 Å². The Balaban J connectivity index is 1.78. The largest absolute Gasteiger partial charge is 0.380 e. The number of rotatable bonds is 4. The zero-order chi connectivity index (χ0) is 14.6. The number of likely N-dealkylation sites (N-methyl/N-ethyl adjacent to an activating group) is 1. The minimum absolute atomic E-state index is 0.124. The first-order chi connectivity index (χ1) is 9.51. The van der Waals surface area contributed by atoms with Crippen molar-refractivity contribution in [2.75, 3.05) is 40.3 Å². The van der Waals surface area contributed by atoms with Gasteiger partial charge in [0.25, 0.3) is 5.91 Å². The van der Waals surface area contributed by atoms with E-state index in [4.69, 9.17) is 4.74 Å². The van der Waals surface area contributed by atoms with Gasteiger partial charge in [0, 0.05) is 33.3 Å². The Hall–Kier alpha value is -0.650. The van der Waals surface area contributed by atoms with Gasteiger partial charge in [0.1, 0.15) is 5.60 Å². The first-order valence-corrected chi connectivity index (χ1v) is 7.79. The molecule has 5 nitrogen and oxygen atoms in total. The maximum Gasteiger partial charge on any atom is 0.254 e. The van der Waals surface area contributed by atoms with Crippen LogP contribution in [0, 0.1) is 0 Å². The van der Waals surface area contributed by atoms with E-state index in [1.54, 1.807) is 11.9 Å². The molecule has 0 radical (unpaired) electrons. The normalized spacial score (nSPS) is 27.2. The molecule has 116 valence electrons. The summed E-state index contributed by atoms with van der Waals surface area (Å²) >= 11 is 0. The summed E-state index contributed by atoms with van der Waals surface area (Å²) in [5, 5.41) is 10.5. The predicted octanol–water partition coefficient (Wildman–Crippen LogP) is 0.861. The van der Waals surface area contributed by atoms with Crippen molar-refractivity contribution in [2.45, 2.75) is 50.2 Å². The lowest BCUT2D eigenvalue weighted by molar-refractivity contribution is -0.155. The number of piperidine rings is 1. The van der Waals surface area contributed by atoms with E-state index >= 15 is 0 Å². The molecular formula is C15H28N2O3. The van der Waals surface area contributed by atoms with Gasteiger partial charge in [-0.05, 0) is 45.6 Å². The van der Waals surface area contributed by atoms with Crippen LogP contribution in [0.2, 0.25) is 0 Å². The van der Waals surface area contributed by atoms with Crippen LogP contribution in [0.4, 0.5) is 0 Å². The van der Waals surface area contributed by atoms with E-state index in [1.165, 1.54) is 6.42 Å². The topological polar surface area (TPSA) is 53.0 Å². The Kier molecular flexibility index (Phi) is 5.41. The van der Waals surface area contributed by atoms with Crippen LogP contribution in [0.15, 0.2) is 0 Å². The highest BCUT2D eigenvalue weighted by atomic mass is 16.5. The second-order valence-electron chi connectivity index (χ2n) is 6.34. The minimum Gasteiger partial charge on any atom is -0.380 e. The van der Waals surface area contributed by atoms with Crippen LogP contribution in [-0.4, -0.2) is 72.9 Å². The number of hydrogen-bond donors (Lipinski definition) is 1. The summed E-state index contributed by atoms with van der Waals surface area (Å²) in [4.78, 5) is 16.3. The van der Waals surface area contributed by atoms with Crippen molar-refractivity contribution >= 4 is 5.91 Å². The van der Waals surface area contributed by atoms with Gasteiger partial charge in [-0.25, -0.2) is 0 Å². The number of hydrogen-bond acceptors (Lipinski definition) is 4. The summed E-state index contributed by atoms with van der Waals surface area (Å²) in [7, 11) is 3.82. The van der Waals surface area contributed by atoms with Crippen LogP contribution in [-0.2, 0) is 9.53 Å². The van der Waals surface area contributed by atoms with E-state index in [0.717, 1.165) is 39.0 Å². The van der Waals surface area contributed by atoms with Gasteiger partial charge in [-0.1, -0.05) is 0 Å². The predicted molar refractivity (Wildman–Crippen MR) is 77.5 cm³/mol. The first-order valence-electron chi connectivity index (χ1n) is 7.79. The van der Waals surface area contributed by atoms with Crippen molar-refractivity contribution in [3.8, 4) is 0 Å². The molecule has 2 heterocycles. The summed E-state index contributed by atoms with van der Waals surface area (Å²) in [6, 6.07) is 0. The van der Waals surface area contributed by atoms with E-state index in [0.29, 0.717) is 19.4 Å². The smallest absolute Gasteiger partial charge is 0.254 e. The molecule has 2 aliphatic rings. The van der Waals surface area contributed by atoms with Crippen molar-refractivity contribution < 1.29 is 14.6 Å². The number of nitrogens with zero attached hydrogens (tertiary/aromatic N) is 2. The number of carbonyl (C=O) groups excluding carboxylic acids is 1. The molecule has 0 aliphatic carbocycles. The Morgan fingerprint density at radius 3 is 2.70 bits per heavy atom. The SMILES string of the molecule is CN1CCC(O)(C(=O)N(C)CCC2CCCCO2)CC1. The average molecular weight is 284 g/mol. The van der Waals surface area contributed by atoms with E-state index in [2.05, 4.69) is 4.90 Å². The van der Waals surface area contributed by atoms with Crippen LogP contribution in [0.5, 0.6) is 0 Å². The molecule has 5 heteroatoms. The fourth-order valence-electron chi connectivity index (χ4n) is 3.03. The first kappa shape index (κ1) is 15.7. The molecule has 0 bridgehead atoms. The quantitative estimate of drug-likeness (QED) is 0.832. The molecule has 0 saturated carbocycles. The van der Waals surface area contributed by atoms with Crippen LogP contribution in [0.25, 0.3) is 0 Å². The van der Waals surface area contributed by atoms with Gasteiger partial charge < -0.3 is 19.6 Å². The molecule has 1 unspecified atom stereocenters. The van der Waals surface area contributed by atoms with E-state index in [-0.39, 0.29) is 12.0 Å². The Morgan fingerprint density at radius 1 is 1.40 bits per heavy atom. The van der Waals surface area contributed by atoms with Crippen LogP contribution >= 0.6 is 0 Å². The molecule has 2 aliphatic heterocycles. The van der Waals surface area contributed by atoms with E-state index in [1.807, 2.05) is 7.05 Å². The maximum absolute atomic E-state index is 12.4. The van der Waals surface area contributed by atoms with Gasteiger partial charge in [-0.3, -0.25) is 4.79 Å². The number of likely N-dealkylation sites (tertiary alicyclic amines) is 1. The molecule has 2 saturated heterocycles. The van der Waals surface area contributed by atoms with Gasteiger partial charge in [-0.15, -0.1) is 0 Å². The van der Waals surface area contributed by atoms with Crippen molar-refractivity contribution in [1.82, 2.24) is 9.80 Å². The molecule has 0 spiro atoms. The molecule has 1 N–H and O–H groups in total. The molecule has 2 rings (SSSR count). The Bertz CT molecular complexity index is 321. The summed E-state index contributed by atoms with van der Waals surface area (Å²) in [5.74, 6) is -0.124. The minimum atomic E-state index is -1.16. The standard InChI is InChI=1S/C15H28N2O3/c1-16-10-7-15(19,8-11-16)14(18)17(2)9-6-13-5-3-4-12-20-13/h13,19H,3-12H2,1-2H3. The third-order valence-corrected chi connectivity index (χ3v) is 4.62. The lowest BCUT2D eigenvalue weighted by Crippen LogP contribution is -2.53. The highest BCUT2D eigenvalue weighted by molar-refractivity contribution is 5.84. The lowest BCUT2D eigenvalue weighted by atomic mass is 9.90. The number of amides is 1. The second kappa shape index (κ2) is 6.87. The molecule has 2 fully saturated rings.